The van der Waals surface area contributed by atoms with E-state index in [9.17, 15) is 4.79 Å². The van der Waals surface area contributed by atoms with Gasteiger partial charge in [-0.3, -0.25) is 9.69 Å². The Labute approximate surface area is 188 Å². The van der Waals surface area contributed by atoms with Crippen LogP contribution in [0.1, 0.15) is 24.6 Å². The van der Waals surface area contributed by atoms with Crippen LogP contribution in [0.5, 0.6) is 0 Å². The van der Waals surface area contributed by atoms with Crippen molar-refractivity contribution in [2.45, 2.75) is 40.3 Å². The van der Waals surface area contributed by atoms with Crippen LogP contribution in [0.15, 0.2) is 70.1 Å². The van der Waals surface area contributed by atoms with Gasteiger partial charge in [0.15, 0.2) is 5.16 Å². The van der Waals surface area contributed by atoms with E-state index < -0.39 is 0 Å². The average Bonchev–Trinajstić information content (AvgIpc) is 3.52. The molecule has 2 aromatic carbocycles. The first-order chi connectivity index (χ1) is 14.7. The second-order valence-electron chi connectivity index (χ2n) is 7.21. The van der Waals surface area contributed by atoms with Crippen molar-refractivity contribution >= 4 is 52.4 Å². The minimum Gasteiger partial charge on any atom is -0.302 e. The Morgan fingerprint density at radius 2 is 2.00 bits per heavy atom. The van der Waals surface area contributed by atoms with Gasteiger partial charge >= 0.3 is 0 Å². The predicted molar refractivity (Wildman–Crippen MR) is 122 cm³/mol. The number of hydrogen-bond donors (Lipinski definition) is 0. The van der Waals surface area contributed by atoms with E-state index in [2.05, 4.69) is 21.3 Å². The van der Waals surface area contributed by atoms with Gasteiger partial charge in [-0.05, 0) is 43.2 Å². The Hall–Kier alpha value is -2.22. The molecule has 0 bridgehead atoms. The number of halogens is 1. The number of hydrogen-bond acceptors (Lipinski definition) is 5. The number of carbonyl (C=O) groups excluding carboxylic acids is 1. The Bertz CT molecular complexity index is 1140. The number of para-hydroxylation sites is 1. The summed E-state index contributed by atoms with van der Waals surface area (Å²) in [6, 6.07) is 13.6. The highest BCUT2D eigenvalue weighted by molar-refractivity contribution is 8.00. The first-order valence-electron chi connectivity index (χ1n) is 9.72. The van der Waals surface area contributed by atoms with Gasteiger partial charge < -0.3 is 4.57 Å². The molecule has 0 unspecified atom stereocenters. The number of amides is 1. The molecule has 2 aliphatic rings. The molecule has 1 aromatic heterocycles. The van der Waals surface area contributed by atoms with Crippen LogP contribution in [0.25, 0.3) is 0 Å². The standard InChI is InChI=1S/C22H19ClN4OS2/c1-2-11-26-21(14-7-8-14)24-25-22(26)29-13-20(28)27-16-5-3-4-6-18(16)30-19-10-9-15(23)12-17(19)27/h2-6,9-10,12,14H,1,7-8,11,13H2. The highest BCUT2D eigenvalue weighted by Crippen LogP contribution is 2.49. The quantitative estimate of drug-likeness (QED) is 0.342. The molecule has 0 radical (unpaired) electrons. The van der Waals surface area contributed by atoms with Crippen molar-refractivity contribution in [1.29, 1.82) is 0 Å². The zero-order chi connectivity index (χ0) is 20.7. The van der Waals surface area contributed by atoms with Gasteiger partial charge in [0.1, 0.15) is 5.82 Å². The second-order valence-corrected chi connectivity index (χ2v) is 9.68. The van der Waals surface area contributed by atoms with Gasteiger partial charge in [-0.1, -0.05) is 53.3 Å². The van der Waals surface area contributed by atoms with Crippen LogP contribution >= 0.6 is 35.1 Å². The number of rotatable bonds is 6. The van der Waals surface area contributed by atoms with Gasteiger partial charge in [-0.2, -0.15) is 0 Å². The number of carbonyl (C=O) groups is 1. The predicted octanol–water partition coefficient (Wildman–Crippen LogP) is 5.92. The summed E-state index contributed by atoms with van der Waals surface area (Å²) in [7, 11) is 0. The molecule has 0 N–H and O–H groups in total. The zero-order valence-electron chi connectivity index (χ0n) is 16.1. The maximum atomic E-state index is 13.4. The molecule has 0 atom stereocenters. The maximum absolute atomic E-state index is 13.4. The third-order valence-corrected chi connectivity index (χ3v) is 7.38. The number of aromatic nitrogens is 3. The second kappa shape index (κ2) is 8.13. The minimum atomic E-state index is -0.0163. The van der Waals surface area contributed by atoms with Crippen molar-refractivity contribution in [1.82, 2.24) is 14.8 Å². The number of thioether (sulfide) groups is 1. The Morgan fingerprint density at radius 1 is 1.20 bits per heavy atom. The molecule has 3 aromatic rings. The number of anilines is 2. The van der Waals surface area contributed by atoms with Crippen LogP contribution in [-0.2, 0) is 11.3 Å². The SMILES string of the molecule is C=CCn1c(SCC(=O)N2c3ccccc3Sc3ccc(Cl)cc32)nnc1C1CC1. The summed E-state index contributed by atoms with van der Waals surface area (Å²) in [5.41, 5.74) is 1.71. The molecular formula is C22H19ClN4OS2. The summed E-state index contributed by atoms with van der Waals surface area (Å²) in [5, 5.41) is 10.1. The van der Waals surface area contributed by atoms with Gasteiger partial charge in [0.05, 0.1) is 17.1 Å². The van der Waals surface area contributed by atoms with Gasteiger partial charge in [0.2, 0.25) is 5.91 Å². The fraction of sp³-hybridized carbons (Fsp3) is 0.227. The van der Waals surface area contributed by atoms with E-state index in [-0.39, 0.29) is 11.7 Å². The Balaban J connectivity index is 1.43. The molecule has 1 saturated carbocycles. The molecule has 1 aliphatic carbocycles. The highest BCUT2D eigenvalue weighted by Gasteiger charge is 2.31. The molecule has 0 spiro atoms. The fourth-order valence-corrected chi connectivity index (χ4v) is 5.55. The maximum Gasteiger partial charge on any atom is 0.242 e. The summed E-state index contributed by atoms with van der Waals surface area (Å²) >= 11 is 9.33. The van der Waals surface area contributed by atoms with Gasteiger partial charge in [-0.25, -0.2) is 0 Å². The first kappa shape index (κ1) is 19.7. The van der Waals surface area contributed by atoms with Gasteiger partial charge in [0.25, 0.3) is 0 Å². The van der Waals surface area contributed by atoms with Crippen molar-refractivity contribution in [3.05, 3.63) is 66.0 Å². The van der Waals surface area contributed by atoms with E-state index in [0.29, 0.717) is 17.5 Å². The molecule has 1 aliphatic heterocycles. The first-order valence-corrected chi connectivity index (χ1v) is 11.9. The zero-order valence-corrected chi connectivity index (χ0v) is 18.5. The molecule has 0 saturated heterocycles. The molecule has 1 fully saturated rings. The Morgan fingerprint density at radius 3 is 2.80 bits per heavy atom. The summed E-state index contributed by atoms with van der Waals surface area (Å²) < 4.78 is 2.08. The van der Waals surface area contributed by atoms with Gasteiger partial charge in [0, 0.05) is 27.3 Å². The number of benzene rings is 2. The van der Waals surface area contributed by atoms with Crippen molar-refractivity contribution < 1.29 is 4.79 Å². The lowest BCUT2D eigenvalue weighted by Crippen LogP contribution is -2.30. The lowest BCUT2D eigenvalue weighted by molar-refractivity contribution is -0.115. The minimum absolute atomic E-state index is 0.0163. The number of nitrogens with zero attached hydrogens (tertiary/aromatic N) is 4. The fourth-order valence-electron chi connectivity index (χ4n) is 3.54. The molecule has 2 heterocycles. The Kier molecular flexibility index (Phi) is 5.35. The lowest BCUT2D eigenvalue weighted by Gasteiger charge is -2.31. The van der Waals surface area contributed by atoms with Crippen LogP contribution in [0.2, 0.25) is 5.02 Å². The summed E-state index contributed by atoms with van der Waals surface area (Å²) in [6.45, 7) is 4.50. The van der Waals surface area contributed by atoms with E-state index in [1.807, 2.05) is 48.5 Å². The van der Waals surface area contributed by atoms with Gasteiger partial charge in [-0.15, -0.1) is 16.8 Å². The number of fused-ring (bicyclic) bond motifs is 2. The third kappa shape index (κ3) is 3.66. The lowest BCUT2D eigenvalue weighted by atomic mass is 10.2. The molecule has 5 nitrogen and oxygen atoms in total. The number of allylic oxidation sites excluding steroid dienone is 1. The van der Waals surface area contributed by atoms with E-state index >= 15 is 0 Å². The van der Waals surface area contributed by atoms with Crippen LogP contribution < -0.4 is 4.90 Å². The van der Waals surface area contributed by atoms with Crippen molar-refractivity contribution in [3.63, 3.8) is 0 Å². The smallest absolute Gasteiger partial charge is 0.242 e. The van der Waals surface area contributed by atoms with Crippen molar-refractivity contribution in [2.24, 2.45) is 0 Å². The largest absolute Gasteiger partial charge is 0.302 e. The van der Waals surface area contributed by atoms with Crippen LogP contribution in [0.4, 0.5) is 11.4 Å². The van der Waals surface area contributed by atoms with E-state index in [1.54, 1.807) is 16.7 Å². The van der Waals surface area contributed by atoms with E-state index in [4.69, 9.17) is 11.6 Å². The summed E-state index contributed by atoms with van der Waals surface area (Å²) in [4.78, 5) is 17.2. The highest BCUT2D eigenvalue weighted by atomic mass is 35.5. The van der Waals surface area contributed by atoms with Crippen LogP contribution in [0.3, 0.4) is 0 Å². The molecule has 1 amide bonds. The average molecular weight is 455 g/mol. The van der Waals surface area contributed by atoms with Crippen molar-refractivity contribution in [3.8, 4) is 0 Å². The van der Waals surface area contributed by atoms with Crippen molar-refractivity contribution in [2.75, 3.05) is 10.7 Å². The topological polar surface area (TPSA) is 51.0 Å². The van der Waals surface area contributed by atoms with E-state index in [0.717, 1.165) is 45.0 Å². The van der Waals surface area contributed by atoms with E-state index in [1.165, 1.54) is 11.8 Å². The summed E-state index contributed by atoms with van der Waals surface area (Å²) in [5.74, 6) is 1.73. The molecule has 30 heavy (non-hydrogen) atoms. The monoisotopic (exact) mass is 454 g/mol. The van der Waals surface area contributed by atoms with Crippen LogP contribution in [0, 0.1) is 0 Å². The third-order valence-electron chi connectivity index (χ3n) is 5.06. The summed E-state index contributed by atoms with van der Waals surface area (Å²) in [6.07, 6.45) is 4.15. The van der Waals surface area contributed by atoms with Crippen LogP contribution in [-0.4, -0.2) is 26.4 Å². The molecule has 5 rings (SSSR count). The molecular weight excluding hydrogens is 436 g/mol. The molecule has 8 heteroatoms. The molecule has 152 valence electrons. The normalized spacial score (nSPS) is 14.9.